The highest BCUT2D eigenvalue weighted by molar-refractivity contribution is 7.90. The van der Waals surface area contributed by atoms with Crippen LogP contribution in [0.25, 0.3) is 10.9 Å². The van der Waals surface area contributed by atoms with Gasteiger partial charge in [-0.15, -0.1) is 0 Å². The molecule has 0 spiro atoms. The summed E-state index contributed by atoms with van der Waals surface area (Å²) in [6.45, 7) is 1.87. The second kappa shape index (κ2) is 6.37. The van der Waals surface area contributed by atoms with Crippen molar-refractivity contribution in [3.8, 4) is 0 Å². The maximum Gasteiger partial charge on any atom is 0.253 e. The van der Waals surface area contributed by atoms with Gasteiger partial charge in [-0.3, -0.25) is 4.79 Å². The molecule has 3 aromatic rings. The second-order valence-corrected chi connectivity index (χ2v) is 8.22. The van der Waals surface area contributed by atoms with Gasteiger partial charge in [0.15, 0.2) is 9.84 Å². The van der Waals surface area contributed by atoms with Gasteiger partial charge in [0, 0.05) is 30.4 Å². The van der Waals surface area contributed by atoms with Gasteiger partial charge < -0.3 is 9.88 Å². The number of benzene rings is 2. The summed E-state index contributed by atoms with van der Waals surface area (Å²) in [6, 6.07) is 14.1. The fourth-order valence-electron chi connectivity index (χ4n) is 2.88. The number of hydrogen-bond donors (Lipinski definition) is 1. The lowest BCUT2D eigenvalue weighted by atomic mass is 10.1. The molecular weight excluding hydrogens is 336 g/mol. The molecular formula is C19H20N2O3S. The molecule has 6 heteroatoms. The van der Waals surface area contributed by atoms with Crippen molar-refractivity contribution < 1.29 is 13.2 Å². The molecule has 5 nitrogen and oxygen atoms in total. The minimum absolute atomic E-state index is 0.156. The SMILES string of the molecule is CC(NC(=O)c1cn(C)c2ccccc12)c1ccc(S(C)(=O)=O)cc1. The van der Waals surface area contributed by atoms with Crippen molar-refractivity contribution in [1.29, 1.82) is 0 Å². The average molecular weight is 356 g/mol. The fraction of sp³-hybridized carbons (Fsp3) is 0.211. The van der Waals surface area contributed by atoms with Crippen molar-refractivity contribution in [2.45, 2.75) is 17.9 Å². The number of nitrogens with zero attached hydrogens (tertiary/aromatic N) is 1. The van der Waals surface area contributed by atoms with Crippen molar-refractivity contribution in [2.75, 3.05) is 6.26 Å². The zero-order valence-electron chi connectivity index (χ0n) is 14.4. The molecule has 1 N–H and O–H groups in total. The third-order valence-electron chi connectivity index (χ3n) is 4.30. The number of hydrogen-bond acceptors (Lipinski definition) is 3. The van der Waals surface area contributed by atoms with Crippen LogP contribution in [0.5, 0.6) is 0 Å². The van der Waals surface area contributed by atoms with Gasteiger partial charge >= 0.3 is 0 Å². The van der Waals surface area contributed by atoms with Crippen molar-refractivity contribution in [3.63, 3.8) is 0 Å². The molecule has 1 aromatic heterocycles. The number of rotatable bonds is 4. The lowest BCUT2D eigenvalue weighted by molar-refractivity contribution is 0.0941. The quantitative estimate of drug-likeness (QED) is 0.781. The van der Waals surface area contributed by atoms with Crippen LogP contribution in [0, 0.1) is 0 Å². The molecule has 1 unspecified atom stereocenters. The first-order valence-corrected chi connectivity index (χ1v) is 9.81. The molecule has 0 bridgehead atoms. The van der Waals surface area contributed by atoms with Crippen LogP contribution in [0.1, 0.15) is 28.9 Å². The van der Waals surface area contributed by atoms with Gasteiger partial charge in [0.05, 0.1) is 16.5 Å². The molecule has 0 aliphatic carbocycles. The lowest BCUT2D eigenvalue weighted by Gasteiger charge is -2.14. The van der Waals surface area contributed by atoms with Gasteiger partial charge in [-0.2, -0.15) is 0 Å². The average Bonchev–Trinajstić information content (AvgIpc) is 2.92. The van der Waals surface area contributed by atoms with Crippen LogP contribution in [0.3, 0.4) is 0 Å². The van der Waals surface area contributed by atoms with Crippen LogP contribution < -0.4 is 5.32 Å². The molecule has 2 aromatic carbocycles. The highest BCUT2D eigenvalue weighted by Crippen LogP contribution is 2.22. The number of aromatic nitrogens is 1. The molecule has 3 rings (SSSR count). The first-order chi connectivity index (χ1) is 11.8. The second-order valence-electron chi connectivity index (χ2n) is 6.21. The molecule has 25 heavy (non-hydrogen) atoms. The van der Waals surface area contributed by atoms with Gasteiger partial charge in [0.2, 0.25) is 0 Å². The highest BCUT2D eigenvalue weighted by Gasteiger charge is 2.17. The normalized spacial score (nSPS) is 12.9. The van der Waals surface area contributed by atoms with Gasteiger partial charge in [-0.05, 0) is 30.7 Å². The van der Waals surface area contributed by atoms with Gasteiger partial charge in [-0.1, -0.05) is 30.3 Å². The van der Waals surface area contributed by atoms with Crippen LogP contribution in [-0.4, -0.2) is 25.1 Å². The summed E-state index contributed by atoms with van der Waals surface area (Å²) >= 11 is 0. The van der Waals surface area contributed by atoms with E-state index in [1.807, 2.05) is 49.0 Å². The van der Waals surface area contributed by atoms with Gasteiger partial charge in [-0.25, -0.2) is 8.42 Å². The molecule has 0 aliphatic rings. The zero-order valence-corrected chi connectivity index (χ0v) is 15.2. The van der Waals surface area contributed by atoms with Gasteiger partial charge in [0.25, 0.3) is 5.91 Å². The summed E-state index contributed by atoms with van der Waals surface area (Å²) < 4.78 is 25.0. The van der Waals surface area contributed by atoms with E-state index in [-0.39, 0.29) is 16.8 Å². The molecule has 1 heterocycles. The molecule has 130 valence electrons. The van der Waals surface area contributed by atoms with E-state index >= 15 is 0 Å². The Kier molecular flexibility index (Phi) is 4.39. The van der Waals surface area contributed by atoms with Crippen molar-refractivity contribution in [1.82, 2.24) is 9.88 Å². The number of amides is 1. The van der Waals surface area contributed by atoms with Crippen molar-refractivity contribution in [2.24, 2.45) is 7.05 Å². The first-order valence-electron chi connectivity index (χ1n) is 7.92. The lowest BCUT2D eigenvalue weighted by Crippen LogP contribution is -2.26. The van der Waals surface area contributed by atoms with Gasteiger partial charge in [0.1, 0.15) is 0 Å². The molecule has 0 saturated carbocycles. The smallest absolute Gasteiger partial charge is 0.253 e. The van der Waals surface area contributed by atoms with E-state index in [4.69, 9.17) is 0 Å². The number of nitrogens with one attached hydrogen (secondary N) is 1. The Morgan fingerprint density at radius 2 is 1.72 bits per heavy atom. The summed E-state index contributed by atoms with van der Waals surface area (Å²) in [5, 5.41) is 3.88. The Morgan fingerprint density at radius 1 is 1.08 bits per heavy atom. The summed E-state index contributed by atoms with van der Waals surface area (Å²) in [4.78, 5) is 12.9. The standard InChI is InChI=1S/C19H20N2O3S/c1-13(14-8-10-15(11-9-14)25(3,23)24)20-19(22)17-12-21(2)18-7-5-4-6-16(17)18/h4-13H,1-3H3,(H,20,22). The summed E-state index contributed by atoms with van der Waals surface area (Å²) in [6.07, 6.45) is 2.99. The summed E-state index contributed by atoms with van der Waals surface area (Å²) in [7, 11) is -1.31. The van der Waals surface area contributed by atoms with E-state index in [1.54, 1.807) is 24.3 Å². The predicted octanol–water partition coefficient (Wildman–Crippen LogP) is 3.07. The van der Waals surface area contributed by atoms with Crippen LogP contribution >= 0.6 is 0 Å². The predicted molar refractivity (Wildman–Crippen MR) is 98.4 cm³/mol. The van der Waals surface area contributed by atoms with E-state index in [2.05, 4.69) is 5.32 Å². The summed E-state index contributed by atoms with van der Waals surface area (Å²) in [5.41, 5.74) is 2.47. The third kappa shape index (κ3) is 3.44. The van der Waals surface area contributed by atoms with E-state index < -0.39 is 9.84 Å². The van der Waals surface area contributed by atoms with Crippen molar-refractivity contribution in [3.05, 3.63) is 65.9 Å². The largest absolute Gasteiger partial charge is 0.350 e. The first kappa shape index (κ1) is 17.2. The number of aryl methyl sites for hydroxylation is 1. The minimum Gasteiger partial charge on any atom is -0.350 e. The van der Waals surface area contributed by atoms with Crippen LogP contribution in [-0.2, 0) is 16.9 Å². The number of carbonyl (C=O) groups is 1. The Balaban J connectivity index is 1.82. The van der Waals surface area contributed by atoms with Crippen molar-refractivity contribution >= 4 is 26.6 Å². The number of fused-ring (bicyclic) bond motifs is 1. The maximum absolute atomic E-state index is 12.7. The van der Waals surface area contributed by atoms with Crippen LogP contribution in [0.2, 0.25) is 0 Å². The zero-order chi connectivity index (χ0) is 18.2. The molecule has 0 radical (unpaired) electrons. The molecule has 0 saturated heterocycles. The molecule has 1 amide bonds. The number of para-hydroxylation sites is 1. The maximum atomic E-state index is 12.7. The molecule has 0 aliphatic heterocycles. The summed E-state index contributed by atoms with van der Waals surface area (Å²) in [5.74, 6) is -0.156. The third-order valence-corrected chi connectivity index (χ3v) is 5.43. The fourth-order valence-corrected chi connectivity index (χ4v) is 3.51. The Morgan fingerprint density at radius 3 is 2.36 bits per heavy atom. The Hall–Kier alpha value is -2.60. The highest BCUT2D eigenvalue weighted by atomic mass is 32.2. The van der Waals surface area contributed by atoms with E-state index in [9.17, 15) is 13.2 Å². The van der Waals surface area contributed by atoms with Crippen LogP contribution in [0.15, 0.2) is 59.6 Å². The number of sulfone groups is 1. The molecule has 0 fully saturated rings. The monoisotopic (exact) mass is 356 g/mol. The Bertz CT molecular complexity index is 1030. The van der Waals surface area contributed by atoms with E-state index in [1.165, 1.54) is 6.26 Å². The minimum atomic E-state index is -3.22. The van der Waals surface area contributed by atoms with E-state index in [0.29, 0.717) is 5.56 Å². The van der Waals surface area contributed by atoms with E-state index in [0.717, 1.165) is 16.5 Å². The number of carbonyl (C=O) groups excluding carboxylic acids is 1. The topological polar surface area (TPSA) is 68.2 Å². The Labute approximate surface area is 147 Å². The molecule has 1 atom stereocenters. The van der Waals surface area contributed by atoms with Crippen LogP contribution in [0.4, 0.5) is 0 Å².